The lowest BCUT2D eigenvalue weighted by atomic mass is 9.88. The van der Waals surface area contributed by atoms with Crippen molar-refractivity contribution in [3.63, 3.8) is 0 Å². The zero-order chi connectivity index (χ0) is 23.5. The number of primary amides is 1. The minimum absolute atomic E-state index is 0.0813. The smallest absolute Gasteiger partial charge is 0.391 e. The summed E-state index contributed by atoms with van der Waals surface area (Å²) in [5, 5.41) is 6.37. The summed E-state index contributed by atoms with van der Waals surface area (Å²) in [5.41, 5.74) is 14.7. The van der Waals surface area contributed by atoms with E-state index in [1.165, 1.54) is 12.1 Å². The highest BCUT2D eigenvalue weighted by atomic mass is 35.5. The highest BCUT2D eigenvalue weighted by Crippen LogP contribution is 2.32. The first-order valence-electron chi connectivity index (χ1n) is 9.29. The number of hydrogen-bond donors (Lipinski definition) is 4. The SMILES string of the molecule is Cc1cc(S)c(C(N)=O)cc1Cl.Cc1ccc(F)c(C(C)C(N)c2n[nH]c(=O)o2)c1C. The Bertz CT molecular complexity index is 1160. The molecular formula is C21H24ClFN4O3S. The van der Waals surface area contributed by atoms with Gasteiger partial charge in [0.05, 0.1) is 11.6 Å². The van der Waals surface area contributed by atoms with Crippen LogP contribution in [0.1, 0.15) is 57.4 Å². The van der Waals surface area contributed by atoms with Crippen LogP contribution in [-0.4, -0.2) is 16.1 Å². The summed E-state index contributed by atoms with van der Waals surface area (Å²) in [6.45, 7) is 7.37. The van der Waals surface area contributed by atoms with Gasteiger partial charge in [-0.1, -0.05) is 24.6 Å². The molecule has 7 nitrogen and oxygen atoms in total. The molecule has 166 valence electrons. The van der Waals surface area contributed by atoms with Crippen molar-refractivity contribution in [3.05, 3.63) is 79.4 Å². The molecule has 1 amide bonds. The number of nitrogens with two attached hydrogens (primary N) is 2. The molecule has 0 bridgehead atoms. The van der Waals surface area contributed by atoms with E-state index in [0.717, 1.165) is 16.7 Å². The predicted octanol–water partition coefficient (Wildman–Crippen LogP) is 3.96. The largest absolute Gasteiger partial charge is 0.434 e. The molecule has 1 aromatic heterocycles. The number of carbonyl (C=O) groups excluding carboxylic acids is 1. The lowest BCUT2D eigenvalue weighted by molar-refractivity contribution is 0.0997. The van der Waals surface area contributed by atoms with E-state index in [2.05, 4.69) is 22.8 Å². The Morgan fingerprint density at radius 3 is 2.45 bits per heavy atom. The summed E-state index contributed by atoms with van der Waals surface area (Å²) in [6.07, 6.45) is 0. The molecule has 5 N–H and O–H groups in total. The second-order valence-electron chi connectivity index (χ2n) is 7.15. The minimum Gasteiger partial charge on any atom is -0.391 e. The molecule has 2 atom stereocenters. The first kappa shape index (κ1) is 24.6. The van der Waals surface area contributed by atoms with Crippen LogP contribution in [0, 0.1) is 26.6 Å². The number of H-pyrrole nitrogens is 1. The van der Waals surface area contributed by atoms with Crippen LogP contribution < -0.4 is 17.2 Å². The standard InChI is InChI=1S/C13H16FN3O2.C8H8ClNOS/c1-6-4-5-9(14)10(7(6)2)8(3)11(15)12-16-17-13(18)19-12;1-4-2-7(12)5(8(10)11)3-6(4)9/h4-5,8,11H,15H2,1-3H3,(H,17,18);2-3,12H,1H3,(H2,10,11). The molecule has 0 saturated heterocycles. The molecule has 2 aromatic carbocycles. The highest BCUT2D eigenvalue weighted by Gasteiger charge is 2.26. The quantitative estimate of drug-likeness (QED) is 0.432. The van der Waals surface area contributed by atoms with Crippen LogP contribution in [0.3, 0.4) is 0 Å². The Hall–Kier alpha value is -2.62. The molecule has 0 spiro atoms. The van der Waals surface area contributed by atoms with Crippen molar-refractivity contribution in [1.29, 1.82) is 0 Å². The van der Waals surface area contributed by atoms with Crippen molar-refractivity contribution < 1.29 is 13.6 Å². The highest BCUT2D eigenvalue weighted by molar-refractivity contribution is 7.80. The third-order valence-corrected chi connectivity index (χ3v) is 5.79. The van der Waals surface area contributed by atoms with Crippen LogP contribution in [0.4, 0.5) is 4.39 Å². The maximum absolute atomic E-state index is 14.0. The topological polar surface area (TPSA) is 128 Å². The third kappa shape index (κ3) is 5.75. The molecule has 3 rings (SSSR count). The Kier molecular flexibility index (Phi) is 8.05. The fraction of sp³-hybridized carbons (Fsp3) is 0.286. The van der Waals surface area contributed by atoms with Crippen LogP contribution in [0.2, 0.25) is 5.02 Å². The third-order valence-electron chi connectivity index (χ3n) is 5.01. The molecule has 0 aliphatic rings. The summed E-state index contributed by atoms with van der Waals surface area (Å²) >= 11 is 9.88. The summed E-state index contributed by atoms with van der Waals surface area (Å²) in [4.78, 5) is 22.3. The average Bonchev–Trinajstić information content (AvgIpc) is 3.13. The first-order chi connectivity index (χ1) is 14.4. The Balaban J connectivity index is 0.000000245. The summed E-state index contributed by atoms with van der Waals surface area (Å²) in [6, 6.07) is 5.70. The number of carbonyl (C=O) groups is 1. The van der Waals surface area contributed by atoms with E-state index in [0.29, 0.717) is 21.0 Å². The van der Waals surface area contributed by atoms with Crippen molar-refractivity contribution in [2.45, 2.75) is 44.6 Å². The van der Waals surface area contributed by atoms with Crippen molar-refractivity contribution in [1.82, 2.24) is 10.2 Å². The number of benzene rings is 2. The van der Waals surface area contributed by atoms with Crippen LogP contribution in [0.5, 0.6) is 0 Å². The van der Waals surface area contributed by atoms with E-state index in [1.807, 2.05) is 20.8 Å². The number of aromatic amines is 1. The molecule has 0 fully saturated rings. The van der Waals surface area contributed by atoms with Gasteiger partial charge in [-0.15, -0.1) is 17.7 Å². The van der Waals surface area contributed by atoms with Crippen molar-refractivity contribution in [2.24, 2.45) is 11.5 Å². The maximum Gasteiger partial charge on any atom is 0.434 e. The van der Waals surface area contributed by atoms with Crippen molar-refractivity contribution in [3.8, 4) is 0 Å². The number of nitrogens with zero attached hydrogens (tertiary/aromatic N) is 1. The van der Waals surface area contributed by atoms with Crippen LogP contribution in [0.25, 0.3) is 0 Å². The minimum atomic E-state index is -0.686. The van der Waals surface area contributed by atoms with Crippen LogP contribution >= 0.6 is 24.2 Å². The number of nitrogens with one attached hydrogen (secondary N) is 1. The monoisotopic (exact) mass is 466 g/mol. The molecule has 10 heteroatoms. The van der Waals surface area contributed by atoms with E-state index in [-0.39, 0.29) is 17.6 Å². The second kappa shape index (κ2) is 10.1. The van der Waals surface area contributed by atoms with Crippen LogP contribution in [-0.2, 0) is 0 Å². The lowest BCUT2D eigenvalue weighted by Crippen LogP contribution is -2.20. The maximum atomic E-state index is 14.0. The van der Waals surface area contributed by atoms with Gasteiger partial charge in [-0.25, -0.2) is 14.3 Å². The number of amides is 1. The second-order valence-corrected chi connectivity index (χ2v) is 8.04. The van der Waals surface area contributed by atoms with Gasteiger partial charge < -0.3 is 15.9 Å². The van der Waals surface area contributed by atoms with Gasteiger partial charge in [0, 0.05) is 15.8 Å². The van der Waals surface area contributed by atoms with Crippen molar-refractivity contribution in [2.75, 3.05) is 0 Å². The van der Waals surface area contributed by atoms with Gasteiger partial charge in [-0.2, -0.15) is 0 Å². The van der Waals surface area contributed by atoms with E-state index >= 15 is 0 Å². The van der Waals surface area contributed by atoms with Gasteiger partial charge in [0.25, 0.3) is 0 Å². The van der Waals surface area contributed by atoms with E-state index in [1.54, 1.807) is 19.1 Å². The number of aryl methyl sites for hydroxylation is 2. The van der Waals surface area contributed by atoms with Gasteiger partial charge in [0.15, 0.2) is 0 Å². The first-order valence-corrected chi connectivity index (χ1v) is 10.1. The number of rotatable bonds is 4. The van der Waals surface area contributed by atoms with Crippen molar-refractivity contribution >= 4 is 30.1 Å². The molecule has 0 radical (unpaired) electrons. The zero-order valence-corrected chi connectivity index (χ0v) is 19.1. The Morgan fingerprint density at radius 2 is 1.90 bits per heavy atom. The molecule has 0 aliphatic heterocycles. The summed E-state index contributed by atoms with van der Waals surface area (Å²) < 4.78 is 18.8. The molecule has 31 heavy (non-hydrogen) atoms. The predicted molar refractivity (Wildman–Crippen MR) is 120 cm³/mol. The van der Waals surface area contributed by atoms with Gasteiger partial charge >= 0.3 is 5.76 Å². The van der Waals surface area contributed by atoms with E-state index < -0.39 is 17.7 Å². The van der Waals surface area contributed by atoms with E-state index in [9.17, 15) is 14.0 Å². The molecule has 1 heterocycles. The fourth-order valence-corrected chi connectivity index (χ4v) is 3.54. The van der Waals surface area contributed by atoms with Gasteiger partial charge in [0.1, 0.15) is 5.82 Å². The Labute approximate surface area is 189 Å². The number of thiol groups is 1. The zero-order valence-electron chi connectivity index (χ0n) is 17.5. The lowest BCUT2D eigenvalue weighted by Gasteiger charge is -2.20. The molecule has 3 aromatic rings. The number of aromatic nitrogens is 2. The average molecular weight is 467 g/mol. The molecular weight excluding hydrogens is 443 g/mol. The van der Waals surface area contributed by atoms with E-state index in [4.69, 9.17) is 27.5 Å². The summed E-state index contributed by atoms with van der Waals surface area (Å²) in [5.74, 6) is -1.77. The number of hydrogen-bond acceptors (Lipinski definition) is 6. The fourth-order valence-electron chi connectivity index (χ4n) is 3.00. The number of halogens is 2. The Morgan fingerprint density at radius 1 is 1.26 bits per heavy atom. The normalized spacial score (nSPS) is 12.6. The molecule has 0 aliphatic carbocycles. The summed E-state index contributed by atoms with van der Waals surface area (Å²) in [7, 11) is 0. The van der Waals surface area contributed by atoms with Gasteiger partial charge in [-0.05, 0) is 61.2 Å². The molecule has 0 saturated carbocycles. The molecule has 2 unspecified atom stereocenters. The van der Waals surface area contributed by atoms with Gasteiger partial charge in [-0.3, -0.25) is 4.79 Å². The van der Waals surface area contributed by atoms with Crippen LogP contribution in [0.15, 0.2) is 38.4 Å². The van der Waals surface area contributed by atoms with Gasteiger partial charge in [0.2, 0.25) is 11.8 Å².